The molecule has 0 atom stereocenters. The Morgan fingerprint density at radius 1 is 1.61 bits per heavy atom. The third-order valence-electron chi connectivity index (χ3n) is 3.27. The van der Waals surface area contributed by atoms with E-state index in [4.69, 9.17) is 22.7 Å². The van der Waals surface area contributed by atoms with Crippen LogP contribution in [-0.2, 0) is 7.05 Å². The summed E-state index contributed by atoms with van der Waals surface area (Å²) in [6.07, 6.45) is 2.61. The molecule has 18 heavy (non-hydrogen) atoms. The van der Waals surface area contributed by atoms with Crippen LogP contribution in [0.15, 0.2) is 0 Å². The van der Waals surface area contributed by atoms with E-state index < -0.39 is 0 Å². The molecule has 0 bridgehead atoms. The van der Waals surface area contributed by atoms with E-state index in [1.54, 1.807) is 4.68 Å². The quantitative estimate of drug-likeness (QED) is 0.775. The van der Waals surface area contributed by atoms with Crippen molar-refractivity contribution in [3.05, 3.63) is 11.3 Å². The summed E-state index contributed by atoms with van der Waals surface area (Å²) in [5.74, 6) is 0.671. The van der Waals surface area contributed by atoms with Gasteiger partial charge in [-0.1, -0.05) is 12.2 Å². The van der Waals surface area contributed by atoms with Gasteiger partial charge in [-0.05, 0) is 26.8 Å². The van der Waals surface area contributed by atoms with Crippen molar-refractivity contribution in [2.75, 3.05) is 20.2 Å². The van der Waals surface area contributed by atoms with Crippen LogP contribution in [-0.4, -0.2) is 45.9 Å². The molecule has 1 aromatic rings. The number of aromatic nitrogens is 2. The molecular formula is C12H20N4OS. The van der Waals surface area contributed by atoms with E-state index in [0.29, 0.717) is 17.5 Å². The Kier molecular flexibility index (Phi) is 3.87. The van der Waals surface area contributed by atoms with E-state index in [1.165, 1.54) is 12.8 Å². The monoisotopic (exact) mass is 268 g/mol. The fraction of sp³-hybridized carbons (Fsp3) is 0.667. The van der Waals surface area contributed by atoms with Crippen molar-refractivity contribution in [2.24, 2.45) is 12.8 Å². The Bertz CT molecular complexity index is 453. The van der Waals surface area contributed by atoms with E-state index in [-0.39, 0.29) is 0 Å². The number of hydrogen-bond acceptors (Lipinski definition) is 4. The fourth-order valence-corrected chi connectivity index (χ4v) is 2.31. The number of aryl methyl sites for hydroxylation is 2. The first-order valence-corrected chi connectivity index (χ1v) is 6.58. The Hall–Kier alpha value is -1.14. The van der Waals surface area contributed by atoms with Gasteiger partial charge in [0.1, 0.15) is 11.6 Å². The normalized spacial score (nSPS) is 15.1. The first-order chi connectivity index (χ1) is 8.50. The summed E-state index contributed by atoms with van der Waals surface area (Å²) in [5.41, 5.74) is 7.27. The van der Waals surface area contributed by atoms with Crippen LogP contribution in [0.1, 0.15) is 24.1 Å². The summed E-state index contributed by atoms with van der Waals surface area (Å²) < 4.78 is 7.49. The second-order valence-corrected chi connectivity index (χ2v) is 5.25. The van der Waals surface area contributed by atoms with E-state index in [0.717, 1.165) is 23.8 Å². The number of likely N-dealkylation sites (N-methyl/N-ethyl adjacent to an activating group) is 1. The van der Waals surface area contributed by atoms with E-state index >= 15 is 0 Å². The largest absolute Gasteiger partial charge is 0.476 e. The number of rotatable bonds is 6. The molecule has 0 radical (unpaired) electrons. The minimum atomic E-state index is 0.339. The van der Waals surface area contributed by atoms with Crippen LogP contribution in [0.5, 0.6) is 5.88 Å². The van der Waals surface area contributed by atoms with Crippen molar-refractivity contribution in [1.82, 2.24) is 14.7 Å². The lowest BCUT2D eigenvalue weighted by molar-refractivity contribution is 0.220. The number of nitrogens with two attached hydrogens (primary N) is 1. The first-order valence-electron chi connectivity index (χ1n) is 6.17. The fourth-order valence-electron chi connectivity index (χ4n) is 2.07. The van der Waals surface area contributed by atoms with Crippen LogP contribution >= 0.6 is 12.2 Å². The number of nitrogens with zero attached hydrogens (tertiary/aromatic N) is 3. The first kappa shape index (κ1) is 13.3. The van der Waals surface area contributed by atoms with E-state index in [1.807, 2.05) is 14.0 Å². The summed E-state index contributed by atoms with van der Waals surface area (Å²) in [4.78, 5) is 2.66. The molecule has 0 unspecified atom stereocenters. The van der Waals surface area contributed by atoms with Gasteiger partial charge in [-0.25, -0.2) is 4.68 Å². The van der Waals surface area contributed by atoms with Crippen molar-refractivity contribution >= 4 is 17.2 Å². The highest BCUT2D eigenvalue weighted by molar-refractivity contribution is 7.80. The second-order valence-electron chi connectivity index (χ2n) is 4.81. The molecule has 2 N–H and O–H groups in total. The molecule has 1 aromatic heterocycles. The molecule has 5 nitrogen and oxygen atoms in total. The molecule has 1 fully saturated rings. The topological polar surface area (TPSA) is 56.3 Å². The molecule has 1 aliphatic rings. The van der Waals surface area contributed by atoms with Crippen LogP contribution in [0.3, 0.4) is 0 Å². The van der Waals surface area contributed by atoms with Gasteiger partial charge in [0, 0.05) is 19.6 Å². The molecule has 0 aromatic carbocycles. The SMILES string of the molecule is Cc1nn(C)c(OCCN(C)C2CC2)c1C(N)=S. The van der Waals surface area contributed by atoms with Crippen LogP contribution in [0.4, 0.5) is 0 Å². The van der Waals surface area contributed by atoms with Gasteiger partial charge in [0.15, 0.2) is 0 Å². The van der Waals surface area contributed by atoms with Gasteiger partial charge in [-0.15, -0.1) is 0 Å². The highest BCUT2D eigenvalue weighted by Crippen LogP contribution is 2.25. The Labute approximate surface area is 113 Å². The molecular weight excluding hydrogens is 248 g/mol. The van der Waals surface area contributed by atoms with Crippen molar-refractivity contribution < 1.29 is 4.74 Å². The molecule has 1 aliphatic carbocycles. The second kappa shape index (κ2) is 5.24. The molecule has 1 heterocycles. The maximum Gasteiger partial charge on any atom is 0.222 e. The van der Waals surface area contributed by atoms with Crippen molar-refractivity contribution in [3.63, 3.8) is 0 Å². The van der Waals surface area contributed by atoms with Gasteiger partial charge in [0.2, 0.25) is 5.88 Å². The van der Waals surface area contributed by atoms with Gasteiger partial charge in [-0.3, -0.25) is 0 Å². The summed E-state index contributed by atoms with van der Waals surface area (Å²) in [6.45, 7) is 3.42. The third kappa shape index (κ3) is 2.81. The molecule has 0 aliphatic heterocycles. The van der Waals surface area contributed by atoms with Crippen LogP contribution in [0, 0.1) is 6.92 Å². The van der Waals surface area contributed by atoms with Gasteiger partial charge in [0.25, 0.3) is 0 Å². The predicted molar refractivity (Wildman–Crippen MR) is 75.0 cm³/mol. The summed E-state index contributed by atoms with van der Waals surface area (Å²) >= 11 is 5.04. The molecule has 0 amide bonds. The van der Waals surface area contributed by atoms with Crippen LogP contribution < -0.4 is 10.5 Å². The standard InChI is InChI=1S/C12H20N4OS/c1-8-10(11(13)18)12(16(3)14-8)17-7-6-15(2)9-4-5-9/h9H,4-7H2,1-3H3,(H2,13,18). The molecule has 6 heteroatoms. The van der Waals surface area contributed by atoms with Gasteiger partial charge < -0.3 is 15.4 Å². The Balaban J connectivity index is 1.97. The number of thiocarbonyl (C=S) groups is 1. The minimum absolute atomic E-state index is 0.339. The smallest absolute Gasteiger partial charge is 0.222 e. The van der Waals surface area contributed by atoms with Gasteiger partial charge in [0.05, 0.1) is 11.3 Å². The Morgan fingerprint density at radius 3 is 2.83 bits per heavy atom. The zero-order valence-corrected chi connectivity index (χ0v) is 12.0. The Morgan fingerprint density at radius 2 is 2.28 bits per heavy atom. The van der Waals surface area contributed by atoms with Crippen molar-refractivity contribution in [2.45, 2.75) is 25.8 Å². The van der Waals surface area contributed by atoms with Crippen LogP contribution in [0.2, 0.25) is 0 Å². The summed E-state index contributed by atoms with van der Waals surface area (Å²) in [7, 11) is 3.97. The number of ether oxygens (including phenoxy) is 1. The lowest BCUT2D eigenvalue weighted by Crippen LogP contribution is -2.27. The molecule has 100 valence electrons. The molecule has 0 spiro atoms. The van der Waals surface area contributed by atoms with Gasteiger partial charge >= 0.3 is 0 Å². The number of hydrogen-bond donors (Lipinski definition) is 1. The van der Waals surface area contributed by atoms with E-state index in [9.17, 15) is 0 Å². The zero-order valence-electron chi connectivity index (χ0n) is 11.1. The average molecular weight is 268 g/mol. The van der Waals surface area contributed by atoms with Crippen molar-refractivity contribution in [3.8, 4) is 5.88 Å². The maximum absolute atomic E-state index is 5.79. The third-order valence-corrected chi connectivity index (χ3v) is 3.47. The van der Waals surface area contributed by atoms with Crippen molar-refractivity contribution in [1.29, 1.82) is 0 Å². The predicted octanol–water partition coefficient (Wildman–Crippen LogP) is 0.836. The maximum atomic E-state index is 5.79. The average Bonchev–Trinajstić information content (AvgIpc) is 3.06. The zero-order chi connectivity index (χ0) is 13.3. The van der Waals surface area contributed by atoms with Crippen LogP contribution in [0.25, 0.3) is 0 Å². The minimum Gasteiger partial charge on any atom is -0.476 e. The van der Waals surface area contributed by atoms with Gasteiger partial charge in [-0.2, -0.15) is 5.10 Å². The van der Waals surface area contributed by atoms with E-state index in [2.05, 4.69) is 17.0 Å². The highest BCUT2D eigenvalue weighted by Gasteiger charge is 2.26. The molecule has 1 saturated carbocycles. The lowest BCUT2D eigenvalue weighted by Gasteiger charge is -2.16. The highest BCUT2D eigenvalue weighted by atomic mass is 32.1. The molecule has 2 rings (SSSR count). The summed E-state index contributed by atoms with van der Waals surface area (Å²) in [5, 5.41) is 4.29. The lowest BCUT2D eigenvalue weighted by atomic mass is 10.2. The summed E-state index contributed by atoms with van der Waals surface area (Å²) in [6, 6.07) is 0.747. The molecule has 0 saturated heterocycles.